The van der Waals surface area contributed by atoms with Gasteiger partial charge < -0.3 is 15.6 Å². The van der Waals surface area contributed by atoms with Gasteiger partial charge in [0.15, 0.2) is 5.82 Å². The van der Waals surface area contributed by atoms with Gasteiger partial charge in [0.2, 0.25) is 0 Å². The lowest BCUT2D eigenvalue weighted by molar-refractivity contribution is -0.403. The first kappa shape index (κ1) is 22.9. The van der Waals surface area contributed by atoms with Crippen molar-refractivity contribution in [2.45, 2.75) is 26.1 Å². The Hall–Kier alpha value is -4.28. The normalized spacial score (nSPS) is 12.4. The molecule has 4 rings (SSSR count). The van der Waals surface area contributed by atoms with E-state index in [-0.39, 0.29) is 17.6 Å². The highest BCUT2D eigenvalue weighted by Crippen LogP contribution is 2.32. The molecule has 176 valence electrons. The van der Waals surface area contributed by atoms with Gasteiger partial charge in [-0.25, -0.2) is 0 Å². The minimum absolute atomic E-state index is 0.0105. The summed E-state index contributed by atoms with van der Waals surface area (Å²) in [6.45, 7) is 4.06. The van der Waals surface area contributed by atoms with Crippen molar-refractivity contribution in [1.82, 2.24) is 14.8 Å². The van der Waals surface area contributed by atoms with E-state index in [1.54, 1.807) is 12.4 Å². The molecule has 0 aliphatic carbocycles. The Balaban J connectivity index is 1.62. The van der Waals surface area contributed by atoms with Crippen molar-refractivity contribution >= 4 is 22.3 Å². The number of hydrogen-bond donors (Lipinski definition) is 3. The second-order valence-electron chi connectivity index (χ2n) is 7.92. The Morgan fingerprint density at radius 1 is 1.15 bits per heavy atom. The molecule has 2 heterocycles. The standard InChI is InChI=1S/C23H21F3N6O2/c1-14(2)31-12-16(10-28-31)15-3-8-20-19(9-15)21(11-27-20)30-22(13-32(33)34)29-18-6-4-17(5-7-18)23(24,25)26/h3-14,27,29-30H,1-2H3/b22-13+. The van der Waals surface area contributed by atoms with Crippen molar-refractivity contribution in [3.8, 4) is 11.1 Å². The van der Waals surface area contributed by atoms with Crippen LogP contribution in [0.25, 0.3) is 22.0 Å². The first-order chi connectivity index (χ1) is 16.1. The molecular weight excluding hydrogens is 449 g/mol. The van der Waals surface area contributed by atoms with Crippen LogP contribution in [0.2, 0.25) is 0 Å². The third kappa shape index (κ3) is 5.03. The Morgan fingerprint density at radius 3 is 2.50 bits per heavy atom. The van der Waals surface area contributed by atoms with Crippen molar-refractivity contribution < 1.29 is 18.1 Å². The summed E-state index contributed by atoms with van der Waals surface area (Å²) in [5, 5.41) is 22.0. The van der Waals surface area contributed by atoms with Crippen LogP contribution in [-0.2, 0) is 6.18 Å². The number of nitrogens with one attached hydrogen (secondary N) is 3. The number of aromatic amines is 1. The van der Waals surface area contributed by atoms with Crippen molar-refractivity contribution in [2.24, 2.45) is 0 Å². The predicted octanol–water partition coefficient (Wildman–Crippen LogP) is 6.23. The molecule has 11 heteroatoms. The van der Waals surface area contributed by atoms with E-state index in [9.17, 15) is 23.3 Å². The number of halogens is 3. The Bertz CT molecular complexity index is 1350. The van der Waals surface area contributed by atoms with E-state index >= 15 is 0 Å². The monoisotopic (exact) mass is 470 g/mol. The van der Waals surface area contributed by atoms with E-state index in [4.69, 9.17) is 0 Å². The fourth-order valence-corrected chi connectivity index (χ4v) is 3.42. The number of nitrogens with zero attached hydrogens (tertiary/aromatic N) is 3. The molecule has 0 bridgehead atoms. The van der Waals surface area contributed by atoms with Gasteiger partial charge in [-0.2, -0.15) is 18.3 Å². The van der Waals surface area contributed by atoms with Gasteiger partial charge in [0.05, 0.1) is 22.4 Å². The van der Waals surface area contributed by atoms with Gasteiger partial charge in [-0.3, -0.25) is 14.8 Å². The van der Waals surface area contributed by atoms with E-state index in [1.165, 1.54) is 12.1 Å². The van der Waals surface area contributed by atoms with Crippen LogP contribution in [0.15, 0.2) is 73.1 Å². The van der Waals surface area contributed by atoms with E-state index < -0.39 is 16.7 Å². The van der Waals surface area contributed by atoms with Gasteiger partial charge in [-0.1, -0.05) is 6.07 Å². The van der Waals surface area contributed by atoms with Gasteiger partial charge in [0, 0.05) is 40.6 Å². The molecular formula is C23H21F3N6O2. The van der Waals surface area contributed by atoms with E-state index in [0.29, 0.717) is 11.9 Å². The first-order valence-corrected chi connectivity index (χ1v) is 10.3. The molecule has 2 aromatic carbocycles. The molecule has 8 nitrogen and oxygen atoms in total. The summed E-state index contributed by atoms with van der Waals surface area (Å²) in [7, 11) is 0. The van der Waals surface area contributed by atoms with Crippen LogP contribution in [0.5, 0.6) is 0 Å². The third-order valence-corrected chi connectivity index (χ3v) is 5.14. The lowest BCUT2D eigenvalue weighted by Gasteiger charge is -2.12. The van der Waals surface area contributed by atoms with Crippen molar-refractivity contribution in [3.05, 3.63) is 88.8 Å². The maximum Gasteiger partial charge on any atom is 0.416 e. The molecule has 0 saturated heterocycles. The maximum atomic E-state index is 12.8. The quantitative estimate of drug-likeness (QED) is 0.220. The summed E-state index contributed by atoms with van der Waals surface area (Å²) in [6, 6.07) is 10.2. The second kappa shape index (κ2) is 8.93. The summed E-state index contributed by atoms with van der Waals surface area (Å²) >= 11 is 0. The van der Waals surface area contributed by atoms with E-state index in [0.717, 1.165) is 34.2 Å². The van der Waals surface area contributed by atoms with Crippen LogP contribution in [0.3, 0.4) is 0 Å². The molecule has 0 spiro atoms. The molecule has 0 amide bonds. The topological polar surface area (TPSA) is 101 Å². The van der Waals surface area contributed by atoms with Gasteiger partial charge in [0.1, 0.15) is 0 Å². The number of aromatic nitrogens is 3. The summed E-state index contributed by atoms with van der Waals surface area (Å²) in [5.41, 5.74) is 2.65. The number of nitro groups is 1. The summed E-state index contributed by atoms with van der Waals surface area (Å²) < 4.78 is 40.3. The van der Waals surface area contributed by atoms with Crippen molar-refractivity contribution in [1.29, 1.82) is 0 Å². The highest BCUT2D eigenvalue weighted by molar-refractivity contribution is 5.96. The first-order valence-electron chi connectivity index (χ1n) is 10.3. The summed E-state index contributed by atoms with van der Waals surface area (Å²) in [4.78, 5) is 13.6. The number of hydrogen-bond acceptors (Lipinski definition) is 5. The van der Waals surface area contributed by atoms with Gasteiger partial charge >= 0.3 is 6.18 Å². The molecule has 0 unspecified atom stereocenters. The molecule has 0 saturated carbocycles. The van der Waals surface area contributed by atoms with Crippen LogP contribution in [-0.4, -0.2) is 19.7 Å². The van der Waals surface area contributed by atoms with Gasteiger partial charge in [-0.05, 0) is 55.8 Å². The molecule has 0 atom stereocenters. The summed E-state index contributed by atoms with van der Waals surface area (Å²) in [5.74, 6) is -0.0105. The largest absolute Gasteiger partial charge is 0.416 e. The van der Waals surface area contributed by atoms with Crippen LogP contribution in [0.1, 0.15) is 25.5 Å². The lowest BCUT2D eigenvalue weighted by atomic mass is 10.1. The van der Waals surface area contributed by atoms with Crippen LogP contribution in [0.4, 0.5) is 24.5 Å². The zero-order valence-corrected chi connectivity index (χ0v) is 18.2. The zero-order valence-electron chi connectivity index (χ0n) is 18.2. The molecule has 4 aromatic rings. The minimum atomic E-state index is -4.47. The summed E-state index contributed by atoms with van der Waals surface area (Å²) in [6.07, 6.45) is 1.62. The molecule has 34 heavy (non-hydrogen) atoms. The molecule has 0 radical (unpaired) electrons. The number of benzene rings is 2. The molecule has 2 aromatic heterocycles. The van der Waals surface area contributed by atoms with Crippen LogP contribution in [0, 0.1) is 10.1 Å². The number of anilines is 2. The maximum absolute atomic E-state index is 12.8. The van der Waals surface area contributed by atoms with E-state index in [2.05, 4.69) is 20.7 Å². The van der Waals surface area contributed by atoms with Crippen LogP contribution >= 0.6 is 0 Å². The van der Waals surface area contributed by atoms with E-state index in [1.807, 2.05) is 42.9 Å². The third-order valence-electron chi connectivity index (χ3n) is 5.14. The number of H-pyrrole nitrogens is 1. The molecule has 3 N–H and O–H groups in total. The SMILES string of the molecule is CC(C)n1cc(-c2ccc3[nH]cc(N/C(=C/[N+](=O)[O-])Nc4ccc(C(F)(F)F)cc4)c3c2)cn1. The highest BCUT2D eigenvalue weighted by Gasteiger charge is 2.30. The predicted molar refractivity (Wildman–Crippen MR) is 124 cm³/mol. The highest BCUT2D eigenvalue weighted by atomic mass is 19.4. The average Bonchev–Trinajstić information content (AvgIpc) is 3.40. The smallest absolute Gasteiger partial charge is 0.359 e. The van der Waals surface area contributed by atoms with Gasteiger partial charge in [0.25, 0.3) is 6.20 Å². The Kier molecular flexibility index (Phi) is 6.01. The van der Waals surface area contributed by atoms with Crippen molar-refractivity contribution in [2.75, 3.05) is 10.6 Å². The fourth-order valence-electron chi connectivity index (χ4n) is 3.42. The van der Waals surface area contributed by atoms with Gasteiger partial charge in [-0.15, -0.1) is 0 Å². The minimum Gasteiger partial charge on any atom is -0.359 e. The second-order valence-corrected chi connectivity index (χ2v) is 7.92. The fraction of sp³-hybridized carbons (Fsp3) is 0.174. The Labute approximate surface area is 192 Å². The Morgan fingerprint density at radius 2 is 1.88 bits per heavy atom. The molecule has 0 aliphatic rings. The average molecular weight is 470 g/mol. The molecule has 0 fully saturated rings. The number of rotatable bonds is 7. The number of alkyl halides is 3. The zero-order chi connectivity index (χ0) is 24.5. The lowest BCUT2D eigenvalue weighted by Crippen LogP contribution is -2.12. The number of fused-ring (bicyclic) bond motifs is 1. The van der Waals surface area contributed by atoms with Crippen molar-refractivity contribution in [3.63, 3.8) is 0 Å². The van der Waals surface area contributed by atoms with Crippen LogP contribution < -0.4 is 10.6 Å². The molecule has 0 aliphatic heterocycles.